The molecule has 1 saturated heterocycles. The molecule has 1 fully saturated rings. The van der Waals surface area contributed by atoms with E-state index >= 15 is 0 Å². The van der Waals surface area contributed by atoms with Crippen molar-refractivity contribution in [1.82, 2.24) is 9.38 Å². The minimum absolute atomic E-state index is 0.175. The van der Waals surface area contributed by atoms with Crippen LogP contribution in [0.1, 0.15) is 54.1 Å². The number of rotatable bonds is 8. The molecule has 0 bridgehead atoms. The van der Waals surface area contributed by atoms with E-state index in [2.05, 4.69) is 24.0 Å². The molecule has 0 spiro atoms. The summed E-state index contributed by atoms with van der Waals surface area (Å²) in [7, 11) is 0. The lowest BCUT2D eigenvalue weighted by molar-refractivity contribution is 0.0980. The number of benzene rings is 2. The Bertz CT molecular complexity index is 905. The zero-order chi connectivity index (χ0) is 21.8. The molecular weight excluding hydrogens is 389 g/mol. The highest BCUT2D eigenvalue weighted by molar-refractivity contribution is 5.97. The molecule has 1 atom stereocenters. The van der Waals surface area contributed by atoms with Crippen molar-refractivity contribution in [3.63, 3.8) is 0 Å². The lowest BCUT2D eigenvalue weighted by Crippen LogP contribution is -2.61. The standard InChI is InChI=1S/C26H35FN3O/c1-2-3-26(31)22-7-6-21-13-17-30(19-28,25(21)18-22)24-11-15-29(16-12-24)14-10-20-4-8-23(27)9-5-20/h4-9,18,24H,2-3,10-17,19,28H2,1H3/q+1. The number of Topliss-reactive ketones (excluding diaryl/α,β-unsaturated/α-hetero) is 1. The van der Waals surface area contributed by atoms with Crippen LogP contribution in [0.2, 0.25) is 0 Å². The molecule has 0 aliphatic carbocycles. The molecule has 0 saturated carbocycles. The zero-order valence-corrected chi connectivity index (χ0v) is 18.7. The van der Waals surface area contributed by atoms with Crippen molar-refractivity contribution in [2.75, 3.05) is 32.8 Å². The van der Waals surface area contributed by atoms with Crippen LogP contribution in [0.5, 0.6) is 0 Å². The summed E-state index contributed by atoms with van der Waals surface area (Å²) < 4.78 is 13.9. The predicted octanol–water partition coefficient (Wildman–Crippen LogP) is 4.30. The summed E-state index contributed by atoms with van der Waals surface area (Å²) in [6.45, 7) is 6.82. The van der Waals surface area contributed by atoms with Crippen LogP contribution in [0, 0.1) is 5.82 Å². The van der Waals surface area contributed by atoms with Gasteiger partial charge in [0.15, 0.2) is 5.78 Å². The highest BCUT2D eigenvalue weighted by Crippen LogP contribution is 2.40. The summed E-state index contributed by atoms with van der Waals surface area (Å²) in [5.41, 5.74) is 11.1. The minimum atomic E-state index is -0.175. The van der Waals surface area contributed by atoms with Gasteiger partial charge in [-0.3, -0.25) is 15.0 Å². The van der Waals surface area contributed by atoms with Gasteiger partial charge in [-0.05, 0) is 30.5 Å². The molecule has 0 radical (unpaired) electrons. The first-order valence-corrected chi connectivity index (χ1v) is 11.8. The second-order valence-electron chi connectivity index (χ2n) is 9.16. The number of piperidine rings is 1. The largest absolute Gasteiger partial charge is 0.303 e. The lowest BCUT2D eigenvalue weighted by Gasteiger charge is -2.44. The van der Waals surface area contributed by atoms with Crippen LogP contribution >= 0.6 is 0 Å². The second-order valence-corrected chi connectivity index (χ2v) is 9.16. The van der Waals surface area contributed by atoms with Crippen molar-refractivity contribution in [2.45, 2.75) is 51.5 Å². The molecule has 31 heavy (non-hydrogen) atoms. The molecule has 2 aliphatic rings. The van der Waals surface area contributed by atoms with E-state index in [9.17, 15) is 9.18 Å². The lowest BCUT2D eigenvalue weighted by atomic mass is 9.98. The molecular formula is C26H35FN3O+. The van der Waals surface area contributed by atoms with Crippen LogP contribution in [-0.4, -0.2) is 49.6 Å². The van der Waals surface area contributed by atoms with Crippen molar-refractivity contribution < 1.29 is 9.18 Å². The molecule has 0 amide bonds. The van der Waals surface area contributed by atoms with E-state index in [1.807, 2.05) is 18.2 Å². The second kappa shape index (κ2) is 9.60. The van der Waals surface area contributed by atoms with Crippen LogP contribution in [-0.2, 0) is 12.8 Å². The van der Waals surface area contributed by atoms with Crippen molar-refractivity contribution in [2.24, 2.45) is 5.73 Å². The summed E-state index contributed by atoms with van der Waals surface area (Å²) in [5.74, 6) is 0.0637. The van der Waals surface area contributed by atoms with E-state index in [0.29, 0.717) is 19.1 Å². The topological polar surface area (TPSA) is 46.3 Å². The maximum atomic E-state index is 13.1. The van der Waals surface area contributed by atoms with E-state index in [1.54, 1.807) is 12.1 Å². The van der Waals surface area contributed by atoms with Crippen molar-refractivity contribution in [3.8, 4) is 0 Å². The number of quaternary nitrogens is 1. The van der Waals surface area contributed by atoms with E-state index in [0.717, 1.165) is 68.3 Å². The molecule has 0 aromatic heterocycles. The van der Waals surface area contributed by atoms with Gasteiger partial charge >= 0.3 is 0 Å². The number of carbonyl (C=O) groups is 1. The van der Waals surface area contributed by atoms with Gasteiger partial charge in [-0.15, -0.1) is 0 Å². The first-order chi connectivity index (χ1) is 15.1. The fourth-order valence-electron chi connectivity index (χ4n) is 5.47. The van der Waals surface area contributed by atoms with Gasteiger partial charge < -0.3 is 4.90 Å². The number of likely N-dealkylation sites (tertiary alicyclic amines) is 1. The number of hydrogen-bond acceptors (Lipinski definition) is 3. The van der Waals surface area contributed by atoms with Crippen LogP contribution in [0.3, 0.4) is 0 Å². The zero-order valence-electron chi connectivity index (χ0n) is 18.7. The Kier molecular flexibility index (Phi) is 6.85. The van der Waals surface area contributed by atoms with E-state index in [4.69, 9.17) is 5.73 Å². The average molecular weight is 425 g/mol. The Morgan fingerprint density at radius 3 is 2.58 bits per heavy atom. The first kappa shape index (κ1) is 22.1. The van der Waals surface area contributed by atoms with Gasteiger partial charge in [0.05, 0.1) is 12.6 Å². The monoisotopic (exact) mass is 424 g/mol. The Balaban J connectivity index is 1.42. The fraction of sp³-hybridized carbons (Fsp3) is 0.500. The Labute approximate surface area is 185 Å². The van der Waals surface area contributed by atoms with Gasteiger partial charge in [-0.2, -0.15) is 0 Å². The smallest absolute Gasteiger partial charge is 0.163 e. The number of nitrogens with zero attached hydrogens (tertiary/aromatic N) is 2. The van der Waals surface area contributed by atoms with E-state index in [1.165, 1.54) is 16.8 Å². The highest BCUT2D eigenvalue weighted by atomic mass is 19.1. The molecule has 2 N–H and O–H groups in total. The average Bonchev–Trinajstić information content (AvgIpc) is 3.18. The molecule has 2 heterocycles. The quantitative estimate of drug-likeness (QED) is 0.508. The minimum Gasteiger partial charge on any atom is -0.303 e. The Morgan fingerprint density at radius 1 is 1.16 bits per heavy atom. The number of hydrogen-bond donors (Lipinski definition) is 1. The third-order valence-corrected chi connectivity index (χ3v) is 7.36. The highest BCUT2D eigenvalue weighted by Gasteiger charge is 2.45. The van der Waals surface area contributed by atoms with Crippen molar-refractivity contribution in [1.29, 1.82) is 0 Å². The predicted molar refractivity (Wildman–Crippen MR) is 125 cm³/mol. The normalized spacial score (nSPS) is 21.9. The number of fused-ring (bicyclic) bond motifs is 1. The molecule has 2 aliphatic heterocycles. The van der Waals surface area contributed by atoms with Crippen LogP contribution in [0.25, 0.3) is 0 Å². The summed E-state index contributed by atoms with van der Waals surface area (Å²) in [6, 6.07) is 13.7. The molecule has 166 valence electrons. The van der Waals surface area contributed by atoms with Gasteiger partial charge in [0.2, 0.25) is 0 Å². The number of carbonyl (C=O) groups excluding carboxylic acids is 1. The van der Waals surface area contributed by atoms with E-state index < -0.39 is 0 Å². The van der Waals surface area contributed by atoms with Gasteiger partial charge in [0.25, 0.3) is 0 Å². The molecule has 2 aromatic carbocycles. The van der Waals surface area contributed by atoms with E-state index in [-0.39, 0.29) is 11.6 Å². The summed E-state index contributed by atoms with van der Waals surface area (Å²) in [4.78, 5) is 15.0. The molecule has 2 aromatic rings. The first-order valence-electron chi connectivity index (χ1n) is 11.8. The van der Waals surface area contributed by atoms with Crippen molar-refractivity contribution in [3.05, 3.63) is 65.0 Å². The molecule has 1 unspecified atom stereocenters. The Hall–Kier alpha value is -2.08. The van der Waals surface area contributed by atoms with Gasteiger partial charge in [-0.25, -0.2) is 4.39 Å². The van der Waals surface area contributed by atoms with Crippen LogP contribution < -0.4 is 10.2 Å². The third kappa shape index (κ3) is 4.59. The summed E-state index contributed by atoms with van der Waals surface area (Å²) in [5, 5.41) is 0. The fourth-order valence-corrected chi connectivity index (χ4v) is 5.47. The summed E-state index contributed by atoms with van der Waals surface area (Å²) in [6.07, 6.45) is 5.71. The van der Waals surface area contributed by atoms with Crippen LogP contribution in [0.15, 0.2) is 42.5 Å². The molecule has 4 rings (SSSR count). The molecule has 5 heteroatoms. The third-order valence-electron chi connectivity index (χ3n) is 7.36. The Morgan fingerprint density at radius 2 is 1.90 bits per heavy atom. The number of ketones is 1. The van der Waals surface area contributed by atoms with Gasteiger partial charge in [-0.1, -0.05) is 31.2 Å². The number of nitrogens with two attached hydrogens (primary N) is 1. The van der Waals surface area contributed by atoms with Gasteiger partial charge in [0, 0.05) is 62.5 Å². The summed E-state index contributed by atoms with van der Waals surface area (Å²) >= 11 is 0. The van der Waals surface area contributed by atoms with Crippen molar-refractivity contribution >= 4 is 11.5 Å². The number of halogens is 1. The van der Waals surface area contributed by atoms with Crippen LogP contribution in [0.4, 0.5) is 10.1 Å². The molecule has 4 nitrogen and oxygen atoms in total. The maximum absolute atomic E-state index is 13.1. The maximum Gasteiger partial charge on any atom is 0.163 e. The SMILES string of the molecule is CCCC(=O)c1ccc2c(c1)[N+](CN)(C1CCN(CCc3ccc(F)cc3)CC1)CC2. The van der Waals surface area contributed by atoms with Gasteiger partial charge in [0.1, 0.15) is 18.2 Å².